The van der Waals surface area contributed by atoms with Crippen molar-refractivity contribution in [3.05, 3.63) is 34.2 Å². The number of carboxylic acids is 1. The van der Waals surface area contributed by atoms with E-state index >= 15 is 0 Å². The third-order valence-corrected chi connectivity index (χ3v) is 6.19. The Morgan fingerprint density at radius 3 is 2.73 bits per heavy atom. The van der Waals surface area contributed by atoms with Gasteiger partial charge in [-0.15, -0.1) is 0 Å². The van der Waals surface area contributed by atoms with Crippen molar-refractivity contribution < 1.29 is 14.7 Å². The summed E-state index contributed by atoms with van der Waals surface area (Å²) in [6.07, 6.45) is 3.94. The summed E-state index contributed by atoms with van der Waals surface area (Å²) < 4.78 is 1.85. The molecule has 0 spiro atoms. The molecule has 2 bridgehead atoms. The summed E-state index contributed by atoms with van der Waals surface area (Å²) in [5, 5.41) is 12.2. The number of piperidine rings is 1. The highest BCUT2D eigenvalue weighted by molar-refractivity contribution is 5.79. The van der Waals surface area contributed by atoms with Gasteiger partial charge in [0.1, 0.15) is 0 Å². The van der Waals surface area contributed by atoms with Crippen molar-refractivity contribution >= 4 is 11.9 Å². The van der Waals surface area contributed by atoms with E-state index in [1.165, 1.54) is 0 Å². The fourth-order valence-corrected chi connectivity index (χ4v) is 4.74. The van der Waals surface area contributed by atoms with Crippen LogP contribution < -0.4 is 10.9 Å². The first-order chi connectivity index (χ1) is 12.5. The van der Waals surface area contributed by atoms with Crippen LogP contribution in [0, 0.1) is 11.8 Å². The van der Waals surface area contributed by atoms with Gasteiger partial charge < -0.3 is 15.0 Å². The van der Waals surface area contributed by atoms with E-state index in [9.17, 15) is 14.4 Å². The summed E-state index contributed by atoms with van der Waals surface area (Å²) in [5.74, 6) is -0.288. The van der Waals surface area contributed by atoms with Gasteiger partial charge in [0.15, 0.2) is 0 Å². The van der Waals surface area contributed by atoms with Gasteiger partial charge in [0.2, 0.25) is 5.91 Å². The molecule has 7 nitrogen and oxygen atoms in total. The van der Waals surface area contributed by atoms with Gasteiger partial charge in [-0.2, -0.15) is 0 Å². The first-order valence-corrected chi connectivity index (χ1v) is 9.46. The normalized spacial score (nSPS) is 28.1. The second-order valence-corrected chi connectivity index (χ2v) is 7.88. The van der Waals surface area contributed by atoms with Crippen LogP contribution in [-0.4, -0.2) is 52.6 Å². The zero-order valence-corrected chi connectivity index (χ0v) is 14.8. The fraction of sp³-hybridized carbons (Fsp3) is 0.632. The van der Waals surface area contributed by atoms with Gasteiger partial charge >= 0.3 is 5.97 Å². The van der Waals surface area contributed by atoms with Crippen LogP contribution in [0.2, 0.25) is 0 Å². The van der Waals surface area contributed by atoms with E-state index in [1.807, 2.05) is 15.5 Å². The lowest BCUT2D eigenvalue weighted by molar-refractivity contribution is -0.139. The number of amides is 1. The van der Waals surface area contributed by atoms with Gasteiger partial charge in [0.25, 0.3) is 5.56 Å². The Hall–Kier alpha value is -2.15. The summed E-state index contributed by atoms with van der Waals surface area (Å²) in [6.45, 7) is 1.76. The zero-order chi connectivity index (χ0) is 18.3. The van der Waals surface area contributed by atoms with Crippen molar-refractivity contribution in [2.75, 3.05) is 26.2 Å². The average Bonchev–Trinajstić information content (AvgIpc) is 2.53. The maximum absolute atomic E-state index is 12.6. The first-order valence-electron chi connectivity index (χ1n) is 9.46. The Labute approximate surface area is 152 Å². The number of fused-ring (bicyclic) bond motifs is 4. The SMILES string of the molecule is O=C(O)CN1C[C@H]2C[C@@H](C1)[C@H](CNC(=O)C1CCC1)n1c2cccc1=O. The van der Waals surface area contributed by atoms with Crippen molar-refractivity contribution in [1.29, 1.82) is 0 Å². The predicted octanol–water partition coefficient (Wildman–Crippen LogP) is 0.809. The molecule has 1 saturated heterocycles. The fourth-order valence-electron chi connectivity index (χ4n) is 4.74. The molecule has 3 heterocycles. The molecule has 3 aliphatic rings. The lowest BCUT2D eigenvalue weighted by Gasteiger charge is -2.46. The molecule has 2 fully saturated rings. The molecule has 0 radical (unpaired) electrons. The van der Waals surface area contributed by atoms with Crippen molar-refractivity contribution in [2.24, 2.45) is 11.8 Å². The Morgan fingerprint density at radius 1 is 1.23 bits per heavy atom. The number of likely N-dealkylation sites (tertiary alicyclic amines) is 1. The smallest absolute Gasteiger partial charge is 0.317 e. The second-order valence-electron chi connectivity index (χ2n) is 7.88. The molecule has 140 valence electrons. The number of carbonyl (C=O) groups excluding carboxylic acids is 1. The van der Waals surface area contributed by atoms with E-state index < -0.39 is 5.97 Å². The Bertz CT molecular complexity index is 770. The third kappa shape index (κ3) is 3.16. The molecule has 3 atom stereocenters. The second kappa shape index (κ2) is 6.87. The van der Waals surface area contributed by atoms with Crippen LogP contribution >= 0.6 is 0 Å². The molecule has 2 aliphatic heterocycles. The number of carboxylic acid groups (broad SMARTS) is 1. The van der Waals surface area contributed by atoms with E-state index in [1.54, 1.807) is 12.1 Å². The average molecular weight is 359 g/mol. The zero-order valence-electron chi connectivity index (χ0n) is 14.8. The number of pyridine rings is 1. The summed E-state index contributed by atoms with van der Waals surface area (Å²) in [6, 6.07) is 5.19. The molecule has 1 aromatic heterocycles. The van der Waals surface area contributed by atoms with Gasteiger partial charge in [0, 0.05) is 43.2 Å². The number of rotatable bonds is 5. The molecular weight excluding hydrogens is 334 g/mol. The molecule has 0 unspecified atom stereocenters. The molecule has 1 amide bonds. The highest BCUT2D eigenvalue weighted by Gasteiger charge is 2.41. The van der Waals surface area contributed by atoms with Gasteiger partial charge in [-0.1, -0.05) is 12.5 Å². The van der Waals surface area contributed by atoms with Crippen LogP contribution in [0.5, 0.6) is 0 Å². The van der Waals surface area contributed by atoms with Gasteiger partial charge in [-0.05, 0) is 31.2 Å². The summed E-state index contributed by atoms with van der Waals surface area (Å²) in [4.78, 5) is 37.9. The number of carbonyl (C=O) groups is 2. The quantitative estimate of drug-likeness (QED) is 0.812. The van der Waals surface area contributed by atoms with Gasteiger partial charge in [-0.25, -0.2) is 0 Å². The summed E-state index contributed by atoms with van der Waals surface area (Å²) in [5.41, 5.74) is 0.929. The maximum atomic E-state index is 12.6. The van der Waals surface area contributed by atoms with Crippen molar-refractivity contribution in [2.45, 2.75) is 37.6 Å². The standard InChI is InChI=1S/C19H25N3O4/c23-17-6-2-5-15-13-7-14(10-21(9-13)11-18(24)25)16(22(15)17)8-20-19(26)12-3-1-4-12/h2,5-6,12-14,16H,1,3-4,7-11H2,(H,20,26)(H,24,25)/t13-,14+,16+/m1/s1. The highest BCUT2D eigenvalue weighted by Crippen LogP contribution is 2.40. The third-order valence-electron chi connectivity index (χ3n) is 6.19. The van der Waals surface area contributed by atoms with Crippen LogP contribution in [0.1, 0.15) is 43.3 Å². The molecular formula is C19H25N3O4. The Kier molecular flexibility index (Phi) is 4.56. The van der Waals surface area contributed by atoms with E-state index in [0.717, 1.165) is 31.4 Å². The van der Waals surface area contributed by atoms with Crippen LogP contribution in [0.3, 0.4) is 0 Å². The molecule has 1 aliphatic carbocycles. The van der Waals surface area contributed by atoms with Crippen LogP contribution in [0.4, 0.5) is 0 Å². The van der Waals surface area contributed by atoms with Crippen LogP contribution in [0.25, 0.3) is 0 Å². The van der Waals surface area contributed by atoms with Gasteiger partial charge in [0.05, 0.1) is 12.6 Å². The molecule has 2 N–H and O–H groups in total. The first kappa shape index (κ1) is 17.3. The van der Waals surface area contributed by atoms with Crippen molar-refractivity contribution in [3.8, 4) is 0 Å². The molecule has 7 heteroatoms. The minimum Gasteiger partial charge on any atom is -0.480 e. The van der Waals surface area contributed by atoms with Crippen LogP contribution in [-0.2, 0) is 9.59 Å². The van der Waals surface area contributed by atoms with E-state index in [2.05, 4.69) is 5.32 Å². The van der Waals surface area contributed by atoms with Gasteiger partial charge in [-0.3, -0.25) is 19.3 Å². The molecule has 1 saturated carbocycles. The topological polar surface area (TPSA) is 91.6 Å². The maximum Gasteiger partial charge on any atom is 0.317 e. The molecule has 4 rings (SSSR count). The number of nitrogens with one attached hydrogen (secondary N) is 1. The molecule has 1 aromatic rings. The number of aliphatic carboxylic acids is 1. The molecule has 26 heavy (non-hydrogen) atoms. The number of aromatic nitrogens is 1. The van der Waals surface area contributed by atoms with E-state index in [-0.39, 0.29) is 41.8 Å². The lowest BCUT2D eigenvalue weighted by Crippen LogP contribution is -2.53. The highest BCUT2D eigenvalue weighted by atomic mass is 16.4. The van der Waals surface area contributed by atoms with E-state index in [4.69, 9.17) is 5.11 Å². The monoisotopic (exact) mass is 359 g/mol. The number of hydrogen-bond acceptors (Lipinski definition) is 4. The predicted molar refractivity (Wildman–Crippen MR) is 95.0 cm³/mol. The Balaban J connectivity index is 1.58. The van der Waals surface area contributed by atoms with Crippen molar-refractivity contribution in [3.63, 3.8) is 0 Å². The minimum atomic E-state index is -0.828. The number of hydrogen-bond donors (Lipinski definition) is 2. The summed E-state index contributed by atoms with van der Waals surface area (Å²) in [7, 11) is 0. The largest absolute Gasteiger partial charge is 0.480 e. The Morgan fingerprint density at radius 2 is 2.04 bits per heavy atom. The van der Waals surface area contributed by atoms with Crippen molar-refractivity contribution in [1.82, 2.24) is 14.8 Å². The minimum absolute atomic E-state index is 0.0191. The molecule has 0 aromatic carbocycles. The lowest BCUT2D eigenvalue weighted by atomic mass is 9.78. The van der Waals surface area contributed by atoms with E-state index in [0.29, 0.717) is 19.6 Å². The van der Waals surface area contributed by atoms with Crippen LogP contribution in [0.15, 0.2) is 23.0 Å². The number of nitrogens with zero attached hydrogens (tertiary/aromatic N) is 2. The summed E-state index contributed by atoms with van der Waals surface area (Å²) >= 11 is 0.